The molecule has 1 aliphatic rings. The fourth-order valence-electron chi connectivity index (χ4n) is 4.43. The second kappa shape index (κ2) is 10.6. The summed E-state index contributed by atoms with van der Waals surface area (Å²) in [7, 11) is 0. The summed E-state index contributed by atoms with van der Waals surface area (Å²) in [4.78, 5) is 40.8. The van der Waals surface area contributed by atoms with Crippen LogP contribution in [-0.2, 0) is 29.0 Å². The van der Waals surface area contributed by atoms with Crippen molar-refractivity contribution >= 4 is 22.6 Å². The van der Waals surface area contributed by atoms with Gasteiger partial charge in [0.25, 0.3) is 11.5 Å². The van der Waals surface area contributed by atoms with Gasteiger partial charge in [-0.2, -0.15) is 5.10 Å². The van der Waals surface area contributed by atoms with E-state index in [-0.39, 0.29) is 17.2 Å². The van der Waals surface area contributed by atoms with Gasteiger partial charge in [-0.1, -0.05) is 68.7 Å². The molecular formula is C27H31N3O4. The Kier molecular flexibility index (Phi) is 7.40. The van der Waals surface area contributed by atoms with Gasteiger partial charge in [0.05, 0.1) is 5.39 Å². The van der Waals surface area contributed by atoms with Crippen molar-refractivity contribution in [2.75, 3.05) is 6.54 Å². The quantitative estimate of drug-likeness (QED) is 0.373. The van der Waals surface area contributed by atoms with Crippen molar-refractivity contribution in [1.82, 2.24) is 14.7 Å². The number of carbonyl (C=O) groups is 2. The lowest BCUT2D eigenvalue weighted by Crippen LogP contribution is -2.42. The van der Waals surface area contributed by atoms with Gasteiger partial charge in [0, 0.05) is 25.0 Å². The van der Waals surface area contributed by atoms with E-state index in [1.165, 1.54) is 10.2 Å². The van der Waals surface area contributed by atoms with Crippen LogP contribution in [0, 0.1) is 0 Å². The maximum atomic E-state index is 13.1. The lowest BCUT2D eigenvalue weighted by atomic mass is 9.99. The van der Waals surface area contributed by atoms with Crippen molar-refractivity contribution in [2.45, 2.75) is 65.1 Å². The Balaban J connectivity index is 1.52. The van der Waals surface area contributed by atoms with Crippen LogP contribution in [0.25, 0.3) is 10.8 Å². The van der Waals surface area contributed by atoms with Crippen LogP contribution in [0.15, 0.2) is 53.3 Å². The van der Waals surface area contributed by atoms with E-state index >= 15 is 0 Å². The molecule has 2 heterocycles. The van der Waals surface area contributed by atoms with Crippen LogP contribution in [0.4, 0.5) is 0 Å². The third-order valence-corrected chi connectivity index (χ3v) is 6.36. The Morgan fingerprint density at radius 2 is 1.71 bits per heavy atom. The van der Waals surface area contributed by atoms with Gasteiger partial charge in [-0.25, -0.2) is 9.48 Å². The molecule has 0 spiro atoms. The van der Waals surface area contributed by atoms with E-state index in [2.05, 4.69) is 18.1 Å². The lowest BCUT2D eigenvalue weighted by Gasteiger charge is -2.30. The maximum Gasteiger partial charge on any atom is 0.360 e. The number of esters is 1. The zero-order valence-corrected chi connectivity index (χ0v) is 19.8. The Hall–Kier alpha value is -3.48. The number of ether oxygens (including phenoxy) is 1. The number of unbranched alkanes of at least 4 members (excludes halogenated alkanes) is 3. The third kappa shape index (κ3) is 5.03. The van der Waals surface area contributed by atoms with Gasteiger partial charge >= 0.3 is 5.97 Å². The number of carbonyl (C=O) groups excluding carboxylic acids is 2. The zero-order chi connectivity index (χ0) is 24.1. The fourth-order valence-corrected chi connectivity index (χ4v) is 4.43. The summed E-state index contributed by atoms with van der Waals surface area (Å²) < 4.78 is 6.93. The van der Waals surface area contributed by atoms with Crippen LogP contribution in [0.2, 0.25) is 0 Å². The van der Waals surface area contributed by atoms with E-state index in [4.69, 9.17) is 4.74 Å². The predicted octanol–water partition coefficient (Wildman–Crippen LogP) is 4.11. The monoisotopic (exact) mass is 461 g/mol. The molecule has 7 nitrogen and oxygen atoms in total. The first-order valence-electron chi connectivity index (χ1n) is 12.1. The number of aryl methyl sites for hydroxylation is 1. The topological polar surface area (TPSA) is 81.5 Å². The van der Waals surface area contributed by atoms with Gasteiger partial charge in [0.2, 0.25) is 0 Å². The van der Waals surface area contributed by atoms with E-state index in [1.54, 1.807) is 36.1 Å². The van der Waals surface area contributed by atoms with Gasteiger partial charge in [0.15, 0.2) is 11.8 Å². The van der Waals surface area contributed by atoms with Crippen molar-refractivity contribution in [2.24, 2.45) is 0 Å². The molecule has 3 aromatic rings. The minimum atomic E-state index is -0.955. The SMILES string of the molecule is CCCCCCn1nc(C(=O)OC(C)C(=O)N2CCc3ccccc3C2)c2ccccc2c1=O. The summed E-state index contributed by atoms with van der Waals surface area (Å²) in [5, 5.41) is 5.22. The predicted molar refractivity (Wildman–Crippen MR) is 131 cm³/mol. The van der Waals surface area contributed by atoms with Gasteiger partial charge in [-0.15, -0.1) is 0 Å². The lowest BCUT2D eigenvalue weighted by molar-refractivity contribution is -0.140. The Bertz CT molecular complexity index is 1250. The van der Waals surface area contributed by atoms with Crippen molar-refractivity contribution in [3.63, 3.8) is 0 Å². The van der Waals surface area contributed by atoms with Crippen LogP contribution >= 0.6 is 0 Å². The first-order valence-corrected chi connectivity index (χ1v) is 12.1. The molecule has 0 saturated heterocycles. The van der Waals surface area contributed by atoms with Crippen LogP contribution in [0.5, 0.6) is 0 Å². The standard InChI is InChI=1S/C27H31N3O4/c1-3-4-5-10-16-30-26(32)23-14-9-8-13-22(23)24(28-30)27(33)34-19(2)25(31)29-17-15-20-11-6-7-12-21(20)18-29/h6-9,11-14,19H,3-5,10,15-18H2,1-2H3. The molecule has 34 heavy (non-hydrogen) atoms. The molecule has 1 aromatic heterocycles. The van der Waals surface area contributed by atoms with Gasteiger partial charge in [-0.05, 0) is 37.0 Å². The number of hydrogen-bond donors (Lipinski definition) is 0. The number of fused-ring (bicyclic) bond motifs is 2. The van der Waals surface area contributed by atoms with E-state index in [0.717, 1.165) is 37.7 Å². The number of benzene rings is 2. The highest BCUT2D eigenvalue weighted by atomic mass is 16.5. The summed E-state index contributed by atoms with van der Waals surface area (Å²) in [6, 6.07) is 15.0. The first kappa shape index (κ1) is 23.7. The summed E-state index contributed by atoms with van der Waals surface area (Å²) in [5.41, 5.74) is 2.20. The van der Waals surface area contributed by atoms with Crippen molar-refractivity contribution in [1.29, 1.82) is 0 Å². The van der Waals surface area contributed by atoms with Crippen LogP contribution in [0.3, 0.4) is 0 Å². The van der Waals surface area contributed by atoms with Crippen molar-refractivity contribution in [3.8, 4) is 0 Å². The molecule has 0 aliphatic carbocycles. The molecule has 0 saturated carbocycles. The minimum absolute atomic E-state index is 0.0642. The average molecular weight is 462 g/mol. The smallest absolute Gasteiger partial charge is 0.360 e. The van der Waals surface area contributed by atoms with E-state index < -0.39 is 12.1 Å². The maximum absolute atomic E-state index is 13.1. The van der Waals surface area contributed by atoms with Crippen molar-refractivity contribution in [3.05, 3.63) is 75.7 Å². The van der Waals surface area contributed by atoms with E-state index in [1.807, 2.05) is 18.2 Å². The highest BCUT2D eigenvalue weighted by Gasteiger charge is 2.28. The van der Waals surface area contributed by atoms with Gasteiger partial charge < -0.3 is 9.64 Å². The van der Waals surface area contributed by atoms with Gasteiger partial charge in [-0.3, -0.25) is 9.59 Å². The highest BCUT2D eigenvalue weighted by Crippen LogP contribution is 2.20. The molecule has 7 heteroatoms. The highest BCUT2D eigenvalue weighted by molar-refractivity contribution is 6.02. The normalized spacial score (nSPS) is 14.0. The summed E-state index contributed by atoms with van der Waals surface area (Å²) in [5.74, 6) is -0.934. The summed E-state index contributed by atoms with van der Waals surface area (Å²) in [6.45, 7) is 5.23. The fraction of sp³-hybridized carbons (Fsp3) is 0.407. The van der Waals surface area contributed by atoms with Crippen molar-refractivity contribution < 1.29 is 14.3 Å². The Morgan fingerprint density at radius 1 is 1.00 bits per heavy atom. The Morgan fingerprint density at radius 3 is 2.47 bits per heavy atom. The average Bonchev–Trinajstić information content (AvgIpc) is 2.87. The third-order valence-electron chi connectivity index (χ3n) is 6.36. The molecule has 0 fully saturated rings. The minimum Gasteiger partial charge on any atom is -0.448 e. The molecule has 4 rings (SSSR count). The molecule has 1 unspecified atom stereocenters. The first-order chi connectivity index (χ1) is 16.5. The molecule has 0 N–H and O–H groups in total. The molecule has 0 bridgehead atoms. The number of amides is 1. The second-order valence-corrected chi connectivity index (χ2v) is 8.81. The number of hydrogen-bond acceptors (Lipinski definition) is 5. The Labute approximate surface area is 199 Å². The summed E-state index contributed by atoms with van der Waals surface area (Å²) in [6.07, 6.45) is 3.78. The summed E-state index contributed by atoms with van der Waals surface area (Å²) >= 11 is 0. The van der Waals surface area contributed by atoms with Gasteiger partial charge in [0.1, 0.15) is 0 Å². The van der Waals surface area contributed by atoms with E-state index in [0.29, 0.717) is 30.4 Å². The van der Waals surface area contributed by atoms with Crippen LogP contribution < -0.4 is 5.56 Å². The van der Waals surface area contributed by atoms with E-state index in [9.17, 15) is 14.4 Å². The number of aromatic nitrogens is 2. The van der Waals surface area contributed by atoms with Crippen LogP contribution in [0.1, 0.15) is 61.1 Å². The molecule has 2 aromatic carbocycles. The number of rotatable bonds is 8. The molecule has 0 radical (unpaired) electrons. The molecule has 1 aliphatic heterocycles. The molecule has 1 amide bonds. The molecule has 1 atom stereocenters. The van der Waals surface area contributed by atoms with Crippen LogP contribution in [-0.4, -0.2) is 39.2 Å². The molecule has 178 valence electrons. The largest absolute Gasteiger partial charge is 0.448 e. The molecular weight excluding hydrogens is 430 g/mol. The number of nitrogens with zero attached hydrogens (tertiary/aromatic N) is 3. The second-order valence-electron chi connectivity index (χ2n) is 8.81. The zero-order valence-electron chi connectivity index (χ0n) is 19.8.